The molecule has 1 aromatic rings. The Morgan fingerprint density at radius 1 is 1.41 bits per heavy atom. The van der Waals surface area contributed by atoms with Crippen LogP contribution in [0.1, 0.15) is 13.8 Å². The highest BCUT2D eigenvalue weighted by molar-refractivity contribution is 7.81. The average molecular weight is 261 g/mol. The predicted molar refractivity (Wildman–Crippen MR) is 60.6 cm³/mol. The van der Waals surface area contributed by atoms with Crippen LogP contribution in [0.15, 0.2) is 24.3 Å². The van der Waals surface area contributed by atoms with Gasteiger partial charge in [0.25, 0.3) is 0 Å². The maximum atomic E-state index is 12.3. The first-order chi connectivity index (χ1) is 7.78. The van der Waals surface area contributed by atoms with Crippen molar-refractivity contribution in [2.45, 2.75) is 13.8 Å². The summed E-state index contributed by atoms with van der Waals surface area (Å²) in [7, 11) is -5.05. The Morgan fingerprint density at radius 2 is 2.06 bits per heavy atom. The first-order valence-corrected chi connectivity index (χ1v) is 6.14. The summed E-state index contributed by atoms with van der Waals surface area (Å²) in [6, 6.07) is 5.47. The zero-order valence-electron chi connectivity index (χ0n) is 9.31. The van der Waals surface area contributed by atoms with E-state index in [1.165, 1.54) is 24.3 Å². The second kappa shape index (κ2) is 5.13. The molecule has 1 rings (SSSR count). The summed E-state index contributed by atoms with van der Waals surface area (Å²) in [4.78, 5) is 11.4. The van der Waals surface area contributed by atoms with E-state index in [1.807, 2.05) is 0 Å². The summed E-state index contributed by atoms with van der Waals surface area (Å²) in [5.74, 6) is -0.649. The van der Waals surface area contributed by atoms with Gasteiger partial charge in [-0.1, -0.05) is 23.8 Å². The molecule has 1 aromatic carbocycles. The lowest BCUT2D eigenvalue weighted by atomic mass is 10.2. The van der Waals surface area contributed by atoms with E-state index < -0.39 is 10.5 Å². The fourth-order valence-corrected chi connectivity index (χ4v) is 1.36. The van der Waals surface area contributed by atoms with Gasteiger partial charge in [-0.25, -0.2) is 0 Å². The summed E-state index contributed by atoms with van der Waals surface area (Å²) < 4.78 is 36.8. The molecule has 0 aliphatic carbocycles. The molecule has 94 valence electrons. The van der Waals surface area contributed by atoms with Gasteiger partial charge in [-0.2, -0.15) is 8.42 Å². The number of carbonyl (C=O) groups excluding carboxylic acids is 1. The van der Waals surface area contributed by atoms with Gasteiger partial charge in [0.2, 0.25) is 5.91 Å². The summed E-state index contributed by atoms with van der Waals surface area (Å²) >= 11 is 0. The van der Waals surface area contributed by atoms with Crippen LogP contribution in [0.3, 0.4) is 0 Å². The molecule has 0 atom stereocenters. The van der Waals surface area contributed by atoms with Crippen LogP contribution in [0.25, 0.3) is 0 Å². The Bertz CT molecular complexity index is 513. The van der Waals surface area contributed by atoms with Crippen LogP contribution in [-0.2, 0) is 15.3 Å². The van der Waals surface area contributed by atoms with Gasteiger partial charge in [0.1, 0.15) is 5.75 Å². The molecule has 0 spiro atoms. The van der Waals surface area contributed by atoms with Crippen molar-refractivity contribution in [1.82, 2.24) is 0 Å². The summed E-state index contributed by atoms with van der Waals surface area (Å²) in [6.07, 6.45) is 0. The summed E-state index contributed by atoms with van der Waals surface area (Å²) in [5, 5.41) is 2.53. The first-order valence-electron chi connectivity index (χ1n) is 4.83. The molecule has 0 aliphatic heterocycles. The fraction of sp³-hybridized carbons (Fsp3) is 0.300. The maximum Gasteiger partial charge on any atom is 0.488 e. The molecular weight excluding hydrogens is 249 g/mol. The molecular formula is C10H12FNO4S. The second-order valence-corrected chi connectivity index (χ2v) is 4.60. The van der Waals surface area contributed by atoms with Crippen LogP contribution in [-0.4, -0.2) is 14.3 Å². The number of hydrogen-bond acceptors (Lipinski definition) is 4. The van der Waals surface area contributed by atoms with E-state index in [1.54, 1.807) is 13.8 Å². The lowest BCUT2D eigenvalue weighted by Crippen LogP contribution is -2.17. The highest BCUT2D eigenvalue weighted by Crippen LogP contribution is 2.19. The minimum absolute atomic E-state index is 0.200. The number of hydrogen-bond donors (Lipinski definition) is 1. The van der Waals surface area contributed by atoms with E-state index in [-0.39, 0.29) is 17.6 Å². The van der Waals surface area contributed by atoms with Gasteiger partial charge in [-0.3, -0.25) is 4.79 Å². The summed E-state index contributed by atoms with van der Waals surface area (Å²) in [6.45, 7) is 3.42. The molecule has 5 nitrogen and oxygen atoms in total. The molecule has 0 unspecified atom stereocenters. The van der Waals surface area contributed by atoms with E-state index in [2.05, 4.69) is 9.50 Å². The third-order valence-corrected chi connectivity index (χ3v) is 2.21. The Kier molecular flexibility index (Phi) is 4.06. The van der Waals surface area contributed by atoms with E-state index in [0.29, 0.717) is 5.69 Å². The minimum atomic E-state index is -5.05. The van der Waals surface area contributed by atoms with Gasteiger partial charge in [0.05, 0.1) is 0 Å². The Hall–Kier alpha value is -1.63. The number of rotatable bonds is 4. The Morgan fingerprint density at radius 3 is 2.59 bits per heavy atom. The first kappa shape index (κ1) is 13.4. The Labute approximate surface area is 99.0 Å². The molecule has 0 bridgehead atoms. The van der Waals surface area contributed by atoms with E-state index in [0.717, 1.165) is 0 Å². The van der Waals surface area contributed by atoms with Crippen molar-refractivity contribution in [2.24, 2.45) is 5.92 Å². The molecule has 7 heteroatoms. The van der Waals surface area contributed by atoms with Crippen LogP contribution in [0.2, 0.25) is 0 Å². The third-order valence-electron chi connectivity index (χ3n) is 1.82. The van der Waals surface area contributed by atoms with Crippen molar-refractivity contribution in [2.75, 3.05) is 5.32 Å². The SMILES string of the molecule is CC(C)C(=O)Nc1cccc(OS(=O)(=O)F)c1. The zero-order valence-corrected chi connectivity index (χ0v) is 10.1. The number of amides is 1. The van der Waals surface area contributed by atoms with E-state index >= 15 is 0 Å². The molecule has 0 saturated carbocycles. The fourth-order valence-electron chi connectivity index (χ4n) is 1.03. The maximum absolute atomic E-state index is 12.3. The van der Waals surface area contributed by atoms with Gasteiger partial charge in [-0.15, -0.1) is 0 Å². The molecule has 0 radical (unpaired) electrons. The van der Waals surface area contributed by atoms with Crippen molar-refractivity contribution in [3.63, 3.8) is 0 Å². The highest BCUT2D eigenvalue weighted by atomic mass is 32.3. The van der Waals surface area contributed by atoms with Gasteiger partial charge < -0.3 is 9.50 Å². The van der Waals surface area contributed by atoms with Crippen molar-refractivity contribution >= 4 is 22.1 Å². The van der Waals surface area contributed by atoms with Crippen LogP contribution >= 0.6 is 0 Å². The third kappa shape index (κ3) is 4.81. The van der Waals surface area contributed by atoms with Crippen molar-refractivity contribution in [3.8, 4) is 5.75 Å². The highest BCUT2D eigenvalue weighted by Gasteiger charge is 2.11. The smallest absolute Gasteiger partial charge is 0.358 e. The lowest BCUT2D eigenvalue weighted by Gasteiger charge is -2.08. The molecule has 0 fully saturated rings. The number of halogens is 1. The van der Waals surface area contributed by atoms with Crippen molar-refractivity contribution in [1.29, 1.82) is 0 Å². The van der Waals surface area contributed by atoms with Gasteiger partial charge >= 0.3 is 10.5 Å². The van der Waals surface area contributed by atoms with Crippen LogP contribution in [0, 0.1) is 5.92 Å². The molecule has 1 N–H and O–H groups in total. The molecule has 17 heavy (non-hydrogen) atoms. The van der Waals surface area contributed by atoms with Crippen LogP contribution in [0.4, 0.5) is 9.57 Å². The molecule has 0 saturated heterocycles. The van der Waals surface area contributed by atoms with Crippen molar-refractivity contribution < 1.29 is 21.3 Å². The number of anilines is 1. The van der Waals surface area contributed by atoms with Crippen LogP contribution < -0.4 is 9.50 Å². The largest absolute Gasteiger partial charge is 0.488 e. The summed E-state index contributed by atoms with van der Waals surface area (Å²) in [5.41, 5.74) is 0.338. The topological polar surface area (TPSA) is 72.5 Å². The molecule has 0 aliphatic rings. The Balaban J connectivity index is 2.83. The van der Waals surface area contributed by atoms with Crippen molar-refractivity contribution in [3.05, 3.63) is 24.3 Å². The monoisotopic (exact) mass is 261 g/mol. The average Bonchev–Trinajstić information content (AvgIpc) is 2.15. The van der Waals surface area contributed by atoms with E-state index in [4.69, 9.17) is 0 Å². The zero-order chi connectivity index (χ0) is 13.1. The van der Waals surface area contributed by atoms with Gasteiger partial charge in [0.15, 0.2) is 0 Å². The standard InChI is InChI=1S/C10H12FNO4S/c1-7(2)10(13)12-8-4-3-5-9(6-8)16-17(11,14)15/h3-7H,1-2H3,(H,12,13). The quantitative estimate of drug-likeness (QED) is 0.840. The lowest BCUT2D eigenvalue weighted by molar-refractivity contribution is -0.118. The second-order valence-electron chi connectivity index (χ2n) is 3.65. The normalized spacial score (nSPS) is 11.3. The predicted octanol–water partition coefficient (Wildman–Crippen LogP) is 1.87. The van der Waals surface area contributed by atoms with Gasteiger partial charge in [-0.05, 0) is 12.1 Å². The number of carbonyl (C=O) groups is 1. The van der Waals surface area contributed by atoms with Crippen LogP contribution in [0.5, 0.6) is 5.75 Å². The van der Waals surface area contributed by atoms with E-state index in [9.17, 15) is 17.1 Å². The number of benzene rings is 1. The molecule has 0 aromatic heterocycles. The molecule has 1 amide bonds. The minimum Gasteiger partial charge on any atom is -0.358 e. The number of nitrogens with one attached hydrogen (secondary N) is 1. The molecule has 0 heterocycles. The van der Waals surface area contributed by atoms with Gasteiger partial charge in [0, 0.05) is 17.7 Å².